The summed E-state index contributed by atoms with van der Waals surface area (Å²) in [6.07, 6.45) is 0.875. The first-order valence-corrected chi connectivity index (χ1v) is 9.44. The predicted octanol–water partition coefficient (Wildman–Crippen LogP) is 2.81. The lowest BCUT2D eigenvalue weighted by Crippen LogP contribution is -2.40. The molecule has 0 N–H and O–H groups in total. The Bertz CT molecular complexity index is 791. The van der Waals surface area contributed by atoms with Crippen LogP contribution >= 0.6 is 0 Å². The molecule has 2 amide bonds. The van der Waals surface area contributed by atoms with Crippen molar-refractivity contribution in [3.05, 3.63) is 65.7 Å². The van der Waals surface area contributed by atoms with E-state index in [0.29, 0.717) is 19.6 Å². The quantitative estimate of drug-likeness (QED) is 0.837. The summed E-state index contributed by atoms with van der Waals surface area (Å²) < 4.78 is 0. The highest BCUT2D eigenvalue weighted by Gasteiger charge is 2.22. The van der Waals surface area contributed by atoms with Crippen LogP contribution in [0.1, 0.15) is 22.3 Å². The lowest BCUT2D eigenvalue weighted by atomic mass is 10.1. The third-order valence-electron chi connectivity index (χ3n) is 5.02. The molecule has 0 saturated carbocycles. The van der Waals surface area contributed by atoms with Crippen LogP contribution in [0.5, 0.6) is 0 Å². The monoisotopic (exact) mass is 365 g/mol. The van der Waals surface area contributed by atoms with Gasteiger partial charge in [-0.2, -0.15) is 0 Å². The molecule has 1 aliphatic rings. The van der Waals surface area contributed by atoms with Gasteiger partial charge in [0, 0.05) is 44.5 Å². The van der Waals surface area contributed by atoms with Gasteiger partial charge < -0.3 is 9.80 Å². The van der Waals surface area contributed by atoms with E-state index in [1.165, 1.54) is 0 Å². The van der Waals surface area contributed by atoms with E-state index >= 15 is 0 Å². The van der Waals surface area contributed by atoms with E-state index < -0.39 is 0 Å². The molecule has 0 atom stereocenters. The molecule has 0 aliphatic carbocycles. The van der Waals surface area contributed by atoms with Crippen LogP contribution in [0.3, 0.4) is 0 Å². The lowest BCUT2D eigenvalue weighted by Gasteiger charge is -2.24. The molecule has 5 nitrogen and oxygen atoms in total. The topological polar surface area (TPSA) is 43.9 Å². The maximum atomic E-state index is 12.8. The van der Waals surface area contributed by atoms with E-state index in [1.54, 1.807) is 4.90 Å². The summed E-state index contributed by atoms with van der Waals surface area (Å²) in [5.41, 5.74) is 2.73. The molecule has 1 heterocycles. The molecule has 3 rings (SSSR count). The van der Waals surface area contributed by atoms with Crippen molar-refractivity contribution in [3.8, 4) is 0 Å². The Labute approximate surface area is 161 Å². The summed E-state index contributed by atoms with van der Waals surface area (Å²) in [4.78, 5) is 31.1. The number of aryl methyl sites for hydroxylation is 1. The Morgan fingerprint density at radius 2 is 1.74 bits per heavy atom. The van der Waals surface area contributed by atoms with Gasteiger partial charge in [0.25, 0.3) is 5.91 Å². The van der Waals surface area contributed by atoms with Gasteiger partial charge in [0.1, 0.15) is 0 Å². The van der Waals surface area contributed by atoms with Crippen molar-refractivity contribution in [1.29, 1.82) is 0 Å². The number of likely N-dealkylation sites (N-methyl/N-ethyl adjacent to an activating group) is 1. The Kier molecular flexibility index (Phi) is 6.24. The lowest BCUT2D eigenvalue weighted by molar-refractivity contribution is -0.119. The van der Waals surface area contributed by atoms with Gasteiger partial charge in [-0.15, -0.1) is 0 Å². The molecule has 0 aromatic heterocycles. The summed E-state index contributed by atoms with van der Waals surface area (Å²) in [6, 6.07) is 17.4. The van der Waals surface area contributed by atoms with E-state index in [2.05, 4.69) is 4.90 Å². The number of anilines is 1. The summed E-state index contributed by atoms with van der Waals surface area (Å²) in [5.74, 6) is 0.146. The number of para-hydroxylation sites is 1. The third-order valence-corrected chi connectivity index (χ3v) is 5.02. The Morgan fingerprint density at radius 1 is 0.963 bits per heavy atom. The Balaban J connectivity index is 1.57. The summed E-state index contributed by atoms with van der Waals surface area (Å²) in [7, 11) is 1.81. The zero-order valence-corrected chi connectivity index (χ0v) is 16.1. The van der Waals surface area contributed by atoms with Crippen LogP contribution in [0.15, 0.2) is 54.6 Å². The second kappa shape index (κ2) is 8.82. The van der Waals surface area contributed by atoms with Gasteiger partial charge in [0.2, 0.25) is 5.91 Å². The minimum atomic E-state index is 0.0691. The van der Waals surface area contributed by atoms with E-state index in [9.17, 15) is 9.59 Å². The molecule has 27 heavy (non-hydrogen) atoms. The zero-order chi connectivity index (χ0) is 19.2. The Hall–Kier alpha value is -2.66. The molecule has 142 valence electrons. The molecule has 1 aliphatic heterocycles. The summed E-state index contributed by atoms with van der Waals surface area (Å²) in [5, 5.41) is 0. The van der Waals surface area contributed by atoms with Gasteiger partial charge in [-0.3, -0.25) is 14.5 Å². The van der Waals surface area contributed by atoms with Gasteiger partial charge in [-0.05, 0) is 37.6 Å². The van der Waals surface area contributed by atoms with Crippen LogP contribution in [0.2, 0.25) is 0 Å². The first-order chi connectivity index (χ1) is 13.0. The van der Waals surface area contributed by atoms with Crippen LogP contribution < -0.4 is 4.90 Å². The zero-order valence-electron chi connectivity index (χ0n) is 16.1. The highest BCUT2D eigenvalue weighted by atomic mass is 16.2. The molecule has 1 fully saturated rings. The first-order valence-electron chi connectivity index (χ1n) is 9.44. The van der Waals surface area contributed by atoms with E-state index in [4.69, 9.17) is 0 Å². The standard InChI is InChI=1S/C22H27N3O2/c1-18-8-6-9-19(16-18)22(27)25-13-7-12-24(14-15-25)17-21(26)23(2)20-10-4-3-5-11-20/h3-6,8-11,16H,7,12-15,17H2,1-2H3. The highest BCUT2D eigenvalue weighted by Crippen LogP contribution is 2.13. The number of amides is 2. The molecule has 0 unspecified atom stereocenters. The molecule has 0 radical (unpaired) electrons. The normalized spacial score (nSPS) is 15.3. The van der Waals surface area contributed by atoms with Crippen molar-refractivity contribution < 1.29 is 9.59 Å². The van der Waals surface area contributed by atoms with Gasteiger partial charge in [0.05, 0.1) is 6.54 Å². The summed E-state index contributed by atoms with van der Waals surface area (Å²) in [6.45, 7) is 5.28. The smallest absolute Gasteiger partial charge is 0.253 e. The van der Waals surface area contributed by atoms with Crippen molar-refractivity contribution in [2.75, 3.05) is 44.7 Å². The SMILES string of the molecule is Cc1cccc(C(=O)N2CCCN(CC(=O)N(C)c3ccccc3)CC2)c1. The van der Waals surface area contributed by atoms with Crippen LogP contribution in [0, 0.1) is 6.92 Å². The number of rotatable bonds is 4. The van der Waals surface area contributed by atoms with Gasteiger partial charge in [-0.25, -0.2) is 0 Å². The second-order valence-electron chi connectivity index (χ2n) is 7.08. The van der Waals surface area contributed by atoms with E-state index in [0.717, 1.165) is 36.3 Å². The Morgan fingerprint density at radius 3 is 2.48 bits per heavy atom. The fraction of sp³-hybridized carbons (Fsp3) is 0.364. The van der Waals surface area contributed by atoms with Crippen molar-refractivity contribution in [2.24, 2.45) is 0 Å². The third kappa shape index (κ3) is 4.95. The second-order valence-corrected chi connectivity index (χ2v) is 7.08. The molecule has 0 bridgehead atoms. The van der Waals surface area contributed by atoms with Gasteiger partial charge >= 0.3 is 0 Å². The number of carbonyl (C=O) groups is 2. The largest absolute Gasteiger partial charge is 0.337 e. The minimum absolute atomic E-state index is 0.0691. The van der Waals surface area contributed by atoms with Gasteiger partial charge in [-0.1, -0.05) is 35.9 Å². The fourth-order valence-corrected chi connectivity index (χ4v) is 3.39. The van der Waals surface area contributed by atoms with E-state index in [1.807, 2.05) is 73.5 Å². The molecule has 0 spiro atoms. The van der Waals surface area contributed by atoms with Crippen LogP contribution in [-0.2, 0) is 4.79 Å². The molecular formula is C22H27N3O2. The summed E-state index contributed by atoms with van der Waals surface area (Å²) >= 11 is 0. The van der Waals surface area contributed by atoms with Crippen LogP contribution in [0.4, 0.5) is 5.69 Å². The average Bonchev–Trinajstić information content (AvgIpc) is 2.93. The van der Waals surface area contributed by atoms with Crippen molar-refractivity contribution >= 4 is 17.5 Å². The number of hydrogen-bond acceptors (Lipinski definition) is 3. The number of nitrogens with zero attached hydrogens (tertiary/aromatic N) is 3. The minimum Gasteiger partial charge on any atom is -0.337 e. The van der Waals surface area contributed by atoms with Crippen LogP contribution in [0.25, 0.3) is 0 Å². The van der Waals surface area contributed by atoms with Crippen molar-refractivity contribution in [1.82, 2.24) is 9.80 Å². The molecular weight excluding hydrogens is 338 g/mol. The average molecular weight is 365 g/mol. The maximum Gasteiger partial charge on any atom is 0.253 e. The van der Waals surface area contributed by atoms with Crippen LogP contribution in [-0.4, -0.2) is 61.4 Å². The number of carbonyl (C=O) groups excluding carboxylic acids is 2. The van der Waals surface area contributed by atoms with E-state index in [-0.39, 0.29) is 11.8 Å². The first kappa shape index (κ1) is 19.1. The van der Waals surface area contributed by atoms with Gasteiger partial charge in [0.15, 0.2) is 0 Å². The molecule has 2 aromatic carbocycles. The predicted molar refractivity (Wildman–Crippen MR) is 108 cm³/mol. The van der Waals surface area contributed by atoms with Crippen molar-refractivity contribution in [3.63, 3.8) is 0 Å². The number of hydrogen-bond donors (Lipinski definition) is 0. The maximum absolute atomic E-state index is 12.8. The number of benzene rings is 2. The fourth-order valence-electron chi connectivity index (χ4n) is 3.39. The molecule has 5 heteroatoms. The highest BCUT2D eigenvalue weighted by molar-refractivity contribution is 5.95. The molecule has 1 saturated heterocycles. The van der Waals surface area contributed by atoms with Crippen molar-refractivity contribution in [2.45, 2.75) is 13.3 Å². The molecule has 2 aromatic rings.